The number of carboxylic acid groups (broad SMARTS) is 1. The third-order valence-corrected chi connectivity index (χ3v) is 5.01. The van der Waals surface area contributed by atoms with Crippen molar-refractivity contribution in [3.63, 3.8) is 0 Å². The van der Waals surface area contributed by atoms with Crippen molar-refractivity contribution in [2.75, 3.05) is 7.11 Å². The summed E-state index contributed by atoms with van der Waals surface area (Å²) in [6.07, 6.45) is 3.29. The second-order valence-electron chi connectivity index (χ2n) is 5.82. The lowest BCUT2D eigenvalue weighted by molar-refractivity contribution is -0.143. The van der Waals surface area contributed by atoms with E-state index in [9.17, 15) is 9.90 Å². The minimum absolute atomic E-state index is 0.358. The van der Waals surface area contributed by atoms with Crippen LogP contribution in [0.5, 0.6) is 5.75 Å². The van der Waals surface area contributed by atoms with Crippen molar-refractivity contribution in [3.8, 4) is 5.75 Å². The van der Waals surface area contributed by atoms with Crippen LogP contribution in [0.4, 0.5) is 0 Å². The van der Waals surface area contributed by atoms with Crippen molar-refractivity contribution in [2.24, 2.45) is 0 Å². The molecule has 1 fully saturated rings. The van der Waals surface area contributed by atoms with Gasteiger partial charge in [0, 0.05) is 10.0 Å². The molecule has 0 aromatic heterocycles. The van der Waals surface area contributed by atoms with Gasteiger partial charge < -0.3 is 9.84 Å². The zero-order valence-electron chi connectivity index (χ0n) is 12.2. The van der Waals surface area contributed by atoms with Crippen LogP contribution in [-0.2, 0) is 10.2 Å². The number of rotatable bonds is 4. The maximum Gasteiger partial charge on any atom is 0.314 e. The smallest absolute Gasteiger partial charge is 0.314 e. The van der Waals surface area contributed by atoms with E-state index in [-0.39, 0.29) is 0 Å². The lowest BCUT2D eigenvalue weighted by Gasteiger charge is -2.27. The number of hydrogen-bond donors (Lipinski definition) is 1. The fraction of sp³-hybridized carbons (Fsp3) is 0.562. The van der Waals surface area contributed by atoms with Crippen LogP contribution >= 0.6 is 15.9 Å². The zero-order valence-corrected chi connectivity index (χ0v) is 13.8. The summed E-state index contributed by atoms with van der Waals surface area (Å²) in [7, 11) is 1.61. The molecule has 1 aromatic rings. The SMILES string of the molecule is COc1cc(C(C)C)c(Br)cc1C1(C(=O)O)CCCC1. The molecule has 1 N–H and O–H groups in total. The van der Waals surface area contributed by atoms with Crippen LogP contribution in [0, 0.1) is 0 Å². The minimum Gasteiger partial charge on any atom is -0.496 e. The van der Waals surface area contributed by atoms with E-state index in [4.69, 9.17) is 4.74 Å². The van der Waals surface area contributed by atoms with Gasteiger partial charge in [-0.05, 0) is 36.5 Å². The van der Waals surface area contributed by atoms with Crippen LogP contribution in [0.25, 0.3) is 0 Å². The van der Waals surface area contributed by atoms with Crippen molar-refractivity contribution in [3.05, 3.63) is 27.7 Å². The molecule has 0 radical (unpaired) electrons. The van der Waals surface area contributed by atoms with Gasteiger partial charge in [-0.25, -0.2) is 0 Å². The topological polar surface area (TPSA) is 46.5 Å². The Morgan fingerprint density at radius 2 is 1.95 bits per heavy atom. The summed E-state index contributed by atoms with van der Waals surface area (Å²) in [4.78, 5) is 11.9. The van der Waals surface area contributed by atoms with E-state index >= 15 is 0 Å². The van der Waals surface area contributed by atoms with Crippen LogP contribution in [0.15, 0.2) is 16.6 Å². The molecular formula is C16H21BrO3. The molecule has 1 saturated carbocycles. The number of aliphatic carboxylic acids is 1. The van der Waals surface area contributed by atoms with Gasteiger partial charge in [0.1, 0.15) is 5.75 Å². The Morgan fingerprint density at radius 1 is 1.35 bits per heavy atom. The highest BCUT2D eigenvalue weighted by Crippen LogP contribution is 2.47. The van der Waals surface area contributed by atoms with E-state index in [2.05, 4.69) is 29.8 Å². The highest BCUT2D eigenvalue weighted by Gasteiger charge is 2.45. The lowest BCUT2D eigenvalue weighted by atomic mass is 9.77. The maximum absolute atomic E-state index is 11.9. The molecule has 3 nitrogen and oxygen atoms in total. The first kappa shape index (κ1) is 15.4. The Bertz CT molecular complexity index is 517. The Morgan fingerprint density at radius 3 is 2.40 bits per heavy atom. The standard InChI is InChI=1S/C16H21BrO3/c1-10(2)11-8-14(20-3)12(9-13(11)17)16(15(18)19)6-4-5-7-16/h8-10H,4-7H2,1-3H3,(H,18,19). The normalized spacial score (nSPS) is 17.4. The van der Waals surface area contributed by atoms with Gasteiger partial charge in [-0.15, -0.1) is 0 Å². The Kier molecular flexibility index (Phi) is 4.43. The van der Waals surface area contributed by atoms with Crippen molar-refractivity contribution in [2.45, 2.75) is 50.9 Å². The molecule has 20 heavy (non-hydrogen) atoms. The maximum atomic E-state index is 11.9. The summed E-state index contributed by atoms with van der Waals surface area (Å²) < 4.78 is 6.46. The molecule has 1 aliphatic rings. The Balaban J connectivity index is 2.61. The van der Waals surface area contributed by atoms with Crippen molar-refractivity contribution < 1.29 is 14.6 Å². The average Bonchev–Trinajstić information content (AvgIpc) is 2.88. The van der Waals surface area contributed by atoms with Gasteiger partial charge in [-0.2, -0.15) is 0 Å². The Hall–Kier alpha value is -1.03. The summed E-state index contributed by atoms with van der Waals surface area (Å²) in [6.45, 7) is 4.23. The van der Waals surface area contributed by atoms with Crippen LogP contribution in [0.2, 0.25) is 0 Å². The number of methoxy groups -OCH3 is 1. The quantitative estimate of drug-likeness (QED) is 0.878. The molecule has 110 valence electrons. The first-order valence-electron chi connectivity index (χ1n) is 7.03. The fourth-order valence-corrected chi connectivity index (χ4v) is 3.93. The zero-order chi connectivity index (χ0) is 14.9. The highest BCUT2D eigenvalue weighted by atomic mass is 79.9. The van der Waals surface area contributed by atoms with Crippen LogP contribution in [-0.4, -0.2) is 18.2 Å². The van der Waals surface area contributed by atoms with Gasteiger partial charge >= 0.3 is 5.97 Å². The number of ether oxygens (including phenoxy) is 1. The van der Waals surface area contributed by atoms with Crippen LogP contribution in [0.3, 0.4) is 0 Å². The Labute approximate surface area is 128 Å². The van der Waals surface area contributed by atoms with E-state index in [1.54, 1.807) is 7.11 Å². The highest BCUT2D eigenvalue weighted by molar-refractivity contribution is 9.10. The minimum atomic E-state index is -0.788. The molecule has 4 heteroatoms. The van der Waals surface area contributed by atoms with Gasteiger partial charge in [0.05, 0.1) is 12.5 Å². The van der Waals surface area contributed by atoms with E-state index < -0.39 is 11.4 Å². The number of halogens is 1. The third kappa shape index (κ3) is 2.46. The summed E-state index contributed by atoms with van der Waals surface area (Å²) in [5.74, 6) is 0.315. The molecular weight excluding hydrogens is 320 g/mol. The van der Waals surface area contributed by atoms with E-state index in [0.29, 0.717) is 24.5 Å². The fourth-order valence-electron chi connectivity index (χ4n) is 3.13. The summed E-state index contributed by atoms with van der Waals surface area (Å²) in [5, 5.41) is 9.74. The third-order valence-electron chi connectivity index (χ3n) is 4.32. The first-order valence-corrected chi connectivity index (χ1v) is 7.83. The second-order valence-corrected chi connectivity index (χ2v) is 6.68. The van der Waals surface area contributed by atoms with Crippen LogP contribution < -0.4 is 4.74 Å². The van der Waals surface area contributed by atoms with Gasteiger partial charge in [0.2, 0.25) is 0 Å². The van der Waals surface area contributed by atoms with Crippen molar-refractivity contribution in [1.29, 1.82) is 0 Å². The summed E-state index contributed by atoms with van der Waals surface area (Å²) in [6, 6.07) is 3.93. The number of carbonyl (C=O) groups is 1. The van der Waals surface area contributed by atoms with Gasteiger partial charge in [0.15, 0.2) is 0 Å². The molecule has 0 bridgehead atoms. The van der Waals surface area contributed by atoms with E-state index in [1.165, 1.54) is 0 Å². The molecule has 1 aromatic carbocycles. The second kappa shape index (κ2) is 5.76. The molecule has 0 unspecified atom stereocenters. The largest absolute Gasteiger partial charge is 0.496 e. The average molecular weight is 341 g/mol. The predicted octanol–water partition coefficient (Wildman–Crippen LogP) is 4.48. The number of benzene rings is 1. The van der Waals surface area contributed by atoms with Gasteiger partial charge in [-0.3, -0.25) is 4.79 Å². The molecule has 2 rings (SSSR count). The molecule has 0 heterocycles. The number of carboxylic acids is 1. The number of hydrogen-bond acceptors (Lipinski definition) is 2. The first-order chi connectivity index (χ1) is 9.42. The van der Waals surface area contributed by atoms with E-state index in [0.717, 1.165) is 28.4 Å². The van der Waals surface area contributed by atoms with Crippen molar-refractivity contribution >= 4 is 21.9 Å². The van der Waals surface area contributed by atoms with Crippen LogP contribution in [0.1, 0.15) is 56.6 Å². The van der Waals surface area contributed by atoms with Crippen molar-refractivity contribution in [1.82, 2.24) is 0 Å². The molecule has 0 saturated heterocycles. The molecule has 0 atom stereocenters. The van der Waals surface area contributed by atoms with Gasteiger partial charge in [0.25, 0.3) is 0 Å². The predicted molar refractivity (Wildman–Crippen MR) is 82.6 cm³/mol. The molecule has 0 aliphatic heterocycles. The molecule has 1 aliphatic carbocycles. The molecule has 0 spiro atoms. The summed E-state index contributed by atoms with van der Waals surface area (Å²) in [5.41, 5.74) is 1.16. The van der Waals surface area contributed by atoms with E-state index in [1.807, 2.05) is 12.1 Å². The monoisotopic (exact) mass is 340 g/mol. The summed E-state index contributed by atoms with van der Waals surface area (Å²) >= 11 is 3.58. The lowest BCUT2D eigenvalue weighted by Crippen LogP contribution is -2.33. The van der Waals surface area contributed by atoms with Gasteiger partial charge in [-0.1, -0.05) is 42.6 Å². The molecule has 0 amide bonds.